The Morgan fingerprint density at radius 1 is 0.929 bits per heavy atom. The fourth-order valence-electron chi connectivity index (χ4n) is 2.62. The predicted octanol–water partition coefficient (Wildman–Crippen LogP) is 4.40. The first-order valence-electron chi connectivity index (χ1n) is 9.00. The van der Waals surface area contributed by atoms with Crippen molar-refractivity contribution in [1.82, 2.24) is 15.6 Å². The lowest BCUT2D eigenvalue weighted by Gasteiger charge is -2.14. The van der Waals surface area contributed by atoms with Gasteiger partial charge >= 0.3 is 0 Å². The van der Waals surface area contributed by atoms with Gasteiger partial charge in [0.15, 0.2) is 5.96 Å². The molecule has 0 aliphatic carbocycles. The first-order valence-corrected chi connectivity index (χ1v) is 9.00. The molecule has 3 aromatic rings. The molecule has 2 N–H and O–H groups in total. The number of hydrogen-bond acceptors (Lipinski definition) is 3. The Morgan fingerprint density at radius 3 is 2.43 bits per heavy atom. The highest BCUT2D eigenvalue weighted by atomic mass is 127. The van der Waals surface area contributed by atoms with Crippen molar-refractivity contribution in [1.29, 1.82) is 0 Å². The molecule has 6 heteroatoms. The number of benzene rings is 2. The number of guanidine groups is 1. The number of aromatic nitrogens is 1. The molecule has 0 saturated heterocycles. The van der Waals surface area contributed by atoms with Crippen molar-refractivity contribution in [3.05, 3.63) is 90.3 Å². The van der Waals surface area contributed by atoms with E-state index in [0.717, 1.165) is 41.7 Å². The maximum atomic E-state index is 6.01. The Morgan fingerprint density at radius 2 is 1.68 bits per heavy atom. The topological polar surface area (TPSA) is 58.5 Å². The van der Waals surface area contributed by atoms with Gasteiger partial charge in [0, 0.05) is 44.0 Å². The van der Waals surface area contributed by atoms with Crippen LogP contribution < -0.4 is 15.4 Å². The third-order valence-electron chi connectivity index (χ3n) is 4.01. The number of para-hydroxylation sites is 2. The van der Waals surface area contributed by atoms with Crippen molar-refractivity contribution in [2.24, 2.45) is 4.99 Å². The first-order chi connectivity index (χ1) is 13.3. The molecule has 0 aliphatic heterocycles. The van der Waals surface area contributed by atoms with Gasteiger partial charge in [0.25, 0.3) is 0 Å². The molecule has 1 heterocycles. The Balaban J connectivity index is 0.00000280. The molecule has 0 radical (unpaired) electrons. The summed E-state index contributed by atoms with van der Waals surface area (Å²) in [7, 11) is 1.77. The molecular weight excluding hydrogens is 463 g/mol. The van der Waals surface area contributed by atoms with Crippen LogP contribution in [0.25, 0.3) is 0 Å². The second-order valence-corrected chi connectivity index (χ2v) is 5.95. The number of hydrogen-bond donors (Lipinski definition) is 2. The molecule has 0 bridgehead atoms. The summed E-state index contributed by atoms with van der Waals surface area (Å²) in [6.45, 7) is 1.38. The van der Waals surface area contributed by atoms with Crippen LogP contribution in [0.3, 0.4) is 0 Å². The van der Waals surface area contributed by atoms with Gasteiger partial charge < -0.3 is 15.4 Å². The lowest BCUT2D eigenvalue weighted by atomic mass is 10.2. The summed E-state index contributed by atoms with van der Waals surface area (Å²) in [4.78, 5) is 8.61. The lowest BCUT2D eigenvalue weighted by Crippen LogP contribution is -2.38. The molecule has 0 amide bonds. The van der Waals surface area contributed by atoms with Gasteiger partial charge in [-0.25, -0.2) is 0 Å². The highest BCUT2D eigenvalue weighted by Gasteiger charge is 2.06. The van der Waals surface area contributed by atoms with E-state index >= 15 is 0 Å². The van der Waals surface area contributed by atoms with E-state index in [-0.39, 0.29) is 24.0 Å². The van der Waals surface area contributed by atoms with Crippen molar-refractivity contribution in [2.45, 2.75) is 13.0 Å². The number of nitrogens with one attached hydrogen (secondary N) is 2. The number of halogens is 1. The van der Waals surface area contributed by atoms with E-state index in [1.165, 1.54) is 0 Å². The molecule has 5 nitrogen and oxygen atoms in total. The zero-order chi connectivity index (χ0) is 18.7. The molecule has 0 atom stereocenters. The second kappa shape index (κ2) is 12.0. The van der Waals surface area contributed by atoms with Gasteiger partial charge in [-0.05, 0) is 30.3 Å². The van der Waals surface area contributed by atoms with Crippen LogP contribution in [-0.4, -0.2) is 24.5 Å². The largest absolute Gasteiger partial charge is 0.457 e. The Bertz CT molecular complexity index is 857. The van der Waals surface area contributed by atoms with Crippen molar-refractivity contribution in [2.75, 3.05) is 13.6 Å². The highest BCUT2D eigenvalue weighted by molar-refractivity contribution is 14.0. The summed E-state index contributed by atoms with van der Waals surface area (Å²) < 4.78 is 6.01. The van der Waals surface area contributed by atoms with E-state index in [1.807, 2.05) is 79.0 Å². The molecule has 0 unspecified atom stereocenters. The SMILES string of the molecule is CN=C(NCCc1ccccn1)NCc1ccccc1Oc1ccccc1.I. The van der Waals surface area contributed by atoms with E-state index in [2.05, 4.69) is 20.6 Å². The molecule has 1 aromatic heterocycles. The summed E-state index contributed by atoms with van der Waals surface area (Å²) in [6, 6.07) is 23.7. The molecule has 0 spiro atoms. The maximum Gasteiger partial charge on any atom is 0.191 e. The summed E-state index contributed by atoms with van der Waals surface area (Å²) >= 11 is 0. The Labute approximate surface area is 183 Å². The molecule has 3 rings (SSSR count). The fourth-order valence-corrected chi connectivity index (χ4v) is 2.62. The molecule has 0 fully saturated rings. The summed E-state index contributed by atoms with van der Waals surface area (Å²) in [5.41, 5.74) is 2.12. The highest BCUT2D eigenvalue weighted by Crippen LogP contribution is 2.24. The minimum absolute atomic E-state index is 0. The number of ether oxygens (including phenoxy) is 1. The van der Waals surface area contributed by atoms with Gasteiger partial charge in [-0.3, -0.25) is 9.98 Å². The molecular formula is C22H25IN4O. The smallest absolute Gasteiger partial charge is 0.191 e. The van der Waals surface area contributed by atoms with E-state index in [0.29, 0.717) is 6.54 Å². The van der Waals surface area contributed by atoms with Gasteiger partial charge in [-0.2, -0.15) is 0 Å². The molecule has 28 heavy (non-hydrogen) atoms. The van der Waals surface area contributed by atoms with Crippen molar-refractivity contribution in [3.8, 4) is 11.5 Å². The zero-order valence-corrected chi connectivity index (χ0v) is 18.2. The Hall–Kier alpha value is -2.61. The third kappa shape index (κ3) is 6.84. The summed E-state index contributed by atoms with van der Waals surface area (Å²) in [5.74, 6) is 2.41. The van der Waals surface area contributed by atoms with Crippen LogP contribution in [0.1, 0.15) is 11.3 Å². The van der Waals surface area contributed by atoms with Gasteiger partial charge in [-0.15, -0.1) is 24.0 Å². The third-order valence-corrected chi connectivity index (χ3v) is 4.01. The minimum atomic E-state index is 0. The fraction of sp³-hybridized carbons (Fsp3) is 0.182. The standard InChI is InChI=1S/C22H24N4O.HI/c1-23-22(25-16-14-19-10-7-8-15-24-19)26-17-18-9-5-6-13-21(18)27-20-11-3-2-4-12-20;/h2-13,15H,14,16-17H2,1H3,(H2,23,25,26);1H. The van der Waals surface area contributed by atoms with E-state index < -0.39 is 0 Å². The van der Waals surface area contributed by atoms with E-state index in [4.69, 9.17) is 4.74 Å². The molecule has 0 aliphatic rings. The van der Waals surface area contributed by atoms with E-state index in [9.17, 15) is 0 Å². The first kappa shape index (κ1) is 21.7. The van der Waals surface area contributed by atoms with Gasteiger partial charge in [0.05, 0.1) is 0 Å². The molecule has 2 aromatic carbocycles. The zero-order valence-electron chi connectivity index (χ0n) is 15.8. The van der Waals surface area contributed by atoms with E-state index in [1.54, 1.807) is 7.05 Å². The summed E-state index contributed by atoms with van der Waals surface area (Å²) in [6.07, 6.45) is 2.65. The average Bonchev–Trinajstić information content (AvgIpc) is 2.73. The number of aliphatic imine (C=N–C) groups is 1. The van der Waals surface area contributed by atoms with Gasteiger partial charge in [0.1, 0.15) is 11.5 Å². The average molecular weight is 488 g/mol. The minimum Gasteiger partial charge on any atom is -0.457 e. The van der Waals surface area contributed by atoms with Crippen LogP contribution in [0.5, 0.6) is 11.5 Å². The van der Waals surface area contributed by atoms with Crippen LogP contribution >= 0.6 is 24.0 Å². The van der Waals surface area contributed by atoms with Crippen LogP contribution in [-0.2, 0) is 13.0 Å². The van der Waals surface area contributed by atoms with Crippen molar-refractivity contribution < 1.29 is 4.74 Å². The quantitative estimate of drug-likeness (QED) is 0.294. The number of nitrogens with zero attached hydrogens (tertiary/aromatic N) is 2. The number of rotatable bonds is 7. The van der Waals surface area contributed by atoms with Crippen LogP contribution in [0, 0.1) is 0 Å². The van der Waals surface area contributed by atoms with Crippen molar-refractivity contribution >= 4 is 29.9 Å². The van der Waals surface area contributed by atoms with Crippen molar-refractivity contribution in [3.63, 3.8) is 0 Å². The van der Waals surface area contributed by atoms with Crippen LogP contribution in [0.4, 0.5) is 0 Å². The van der Waals surface area contributed by atoms with Crippen LogP contribution in [0.15, 0.2) is 84.0 Å². The van der Waals surface area contributed by atoms with Gasteiger partial charge in [0.2, 0.25) is 0 Å². The maximum absolute atomic E-state index is 6.01. The molecule has 146 valence electrons. The lowest BCUT2D eigenvalue weighted by molar-refractivity contribution is 0.475. The predicted molar refractivity (Wildman–Crippen MR) is 125 cm³/mol. The normalized spacial score (nSPS) is 10.7. The number of pyridine rings is 1. The van der Waals surface area contributed by atoms with Gasteiger partial charge in [-0.1, -0.05) is 42.5 Å². The Kier molecular flexibility index (Phi) is 9.27. The van der Waals surface area contributed by atoms with Crippen LogP contribution in [0.2, 0.25) is 0 Å². The second-order valence-electron chi connectivity index (χ2n) is 5.95. The summed E-state index contributed by atoms with van der Waals surface area (Å²) in [5, 5.41) is 6.65. The monoisotopic (exact) mass is 488 g/mol. The molecule has 0 saturated carbocycles.